The summed E-state index contributed by atoms with van der Waals surface area (Å²) in [6.45, 7) is 4.25. The SMILES string of the molecule is CCC[NH+](CC(=O)Nc1ccc(F)c(F)c1F)CC(=O)c1c(C)[nH]c2ccccc12. The van der Waals surface area contributed by atoms with Gasteiger partial charge >= 0.3 is 0 Å². The highest BCUT2D eigenvalue weighted by atomic mass is 19.2. The van der Waals surface area contributed by atoms with Crippen LogP contribution in [0.1, 0.15) is 29.4 Å². The summed E-state index contributed by atoms with van der Waals surface area (Å²) in [7, 11) is 0. The molecule has 158 valence electrons. The van der Waals surface area contributed by atoms with Gasteiger partial charge in [-0.1, -0.05) is 25.1 Å². The standard InChI is InChI=1S/C22H22F3N3O2/c1-3-10-28(12-19(30)27-17-9-8-15(23)21(24)22(17)25)11-18(29)20-13(2)26-16-7-5-4-6-14(16)20/h4-9,26H,3,10-12H2,1-2H3,(H,27,30)/p+1. The lowest BCUT2D eigenvalue weighted by molar-refractivity contribution is -0.883. The predicted molar refractivity (Wildman–Crippen MR) is 108 cm³/mol. The van der Waals surface area contributed by atoms with Crippen LogP contribution in [0.15, 0.2) is 36.4 Å². The number of amides is 1. The Bertz CT molecular complexity index is 1090. The van der Waals surface area contributed by atoms with Gasteiger partial charge in [-0.2, -0.15) is 0 Å². The van der Waals surface area contributed by atoms with Gasteiger partial charge in [-0.25, -0.2) is 13.2 Å². The first kappa shape index (κ1) is 21.6. The average Bonchev–Trinajstić information content (AvgIpc) is 3.04. The van der Waals surface area contributed by atoms with E-state index in [2.05, 4.69) is 10.3 Å². The number of nitrogens with one attached hydrogen (secondary N) is 3. The van der Waals surface area contributed by atoms with Crippen LogP contribution in [0.3, 0.4) is 0 Å². The molecule has 0 bridgehead atoms. The number of rotatable bonds is 8. The second-order valence-corrected chi connectivity index (χ2v) is 7.22. The third kappa shape index (κ3) is 4.54. The minimum atomic E-state index is -1.64. The number of hydrogen-bond donors (Lipinski definition) is 3. The zero-order valence-corrected chi connectivity index (χ0v) is 16.7. The molecule has 0 fully saturated rings. The number of carbonyl (C=O) groups is 2. The van der Waals surface area contributed by atoms with Crippen LogP contribution in [0.5, 0.6) is 0 Å². The molecular weight excluding hydrogens is 395 g/mol. The van der Waals surface area contributed by atoms with Crippen LogP contribution in [-0.2, 0) is 4.79 Å². The van der Waals surface area contributed by atoms with Crippen LogP contribution >= 0.6 is 0 Å². The molecule has 3 aromatic rings. The van der Waals surface area contributed by atoms with Crippen LogP contribution in [0.4, 0.5) is 18.9 Å². The van der Waals surface area contributed by atoms with Crippen LogP contribution in [0.2, 0.25) is 0 Å². The zero-order chi connectivity index (χ0) is 21.8. The summed E-state index contributed by atoms with van der Waals surface area (Å²) in [5, 5.41) is 3.08. The Labute approximate surface area is 171 Å². The molecule has 1 unspecified atom stereocenters. The van der Waals surface area contributed by atoms with Gasteiger partial charge in [0.15, 0.2) is 24.0 Å². The number of hydrogen-bond acceptors (Lipinski definition) is 2. The minimum absolute atomic E-state index is 0.0736. The molecule has 1 amide bonds. The number of aromatic amines is 1. The van der Waals surface area contributed by atoms with Crippen LogP contribution in [-0.4, -0.2) is 36.3 Å². The quantitative estimate of drug-likeness (QED) is 0.389. The molecule has 0 radical (unpaired) electrons. The molecule has 0 aliphatic rings. The van der Waals surface area contributed by atoms with Crippen molar-refractivity contribution in [3.8, 4) is 0 Å². The number of fused-ring (bicyclic) bond motifs is 1. The van der Waals surface area contributed by atoms with Crippen molar-refractivity contribution in [3.63, 3.8) is 0 Å². The van der Waals surface area contributed by atoms with E-state index in [-0.39, 0.29) is 18.9 Å². The molecule has 1 heterocycles. The molecule has 3 rings (SSSR count). The summed E-state index contributed by atoms with van der Waals surface area (Å²) >= 11 is 0. The van der Waals surface area contributed by atoms with Crippen molar-refractivity contribution >= 4 is 28.3 Å². The molecule has 2 aromatic carbocycles. The summed E-state index contributed by atoms with van der Waals surface area (Å²) in [5.41, 5.74) is 1.77. The molecule has 1 aromatic heterocycles. The monoisotopic (exact) mass is 418 g/mol. The Morgan fingerprint density at radius 3 is 2.50 bits per heavy atom. The zero-order valence-electron chi connectivity index (χ0n) is 16.7. The molecule has 0 saturated carbocycles. The number of H-pyrrole nitrogens is 1. The van der Waals surface area contributed by atoms with Crippen molar-refractivity contribution in [2.24, 2.45) is 0 Å². The van der Waals surface area contributed by atoms with Crippen LogP contribution < -0.4 is 10.2 Å². The Morgan fingerprint density at radius 2 is 1.77 bits per heavy atom. The predicted octanol–water partition coefficient (Wildman–Crippen LogP) is 3.01. The second-order valence-electron chi connectivity index (χ2n) is 7.22. The molecule has 3 N–H and O–H groups in total. The van der Waals surface area contributed by atoms with E-state index in [9.17, 15) is 22.8 Å². The maximum atomic E-state index is 13.8. The van der Waals surface area contributed by atoms with E-state index in [1.165, 1.54) is 0 Å². The lowest BCUT2D eigenvalue weighted by Crippen LogP contribution is -3.14. The molecule has 1 atom stereocenters. The van der Waals surface area contributed by atoms with E-state index >= 15 is 0 Å². The van der Waals surface area contributed by atoms with Crippen molar-refractivity contribution in [2.75, 3.05) is 25.0 Å². The topological polar surface area (TPSA) is 66.4 Å². The normalized spacial score (nSPS) is 12.2. The number of anilines is 1. The number of Topliss-reactive ketones (excluding diaryl/α,β-unsaturated/α-hetero) is 1. The summed E-state index contributed by atoms with van der Waals surface area (Å²) in [6.07, 6.45) is 0.725. The molecule has 8 heteroatoms. The molecule has 5 nitrogen and oxygen atoms in total. The maximum Gasteiger partial charge on any atom is 0.279 e. The fraction of sp³-hybridized carbons (Fsp3) is 0.273. The number of ketones is 1. The highest BCUT2D eigenvalue weighted by Crippen LogP contribution is 2.22. The van der Waals surface area contributed by atoms with Crippen molar-refractivity contribution in [1.29, 1.82) is 0 Å². The maximum absolute atomic E-state index is 13.8. The number of aryl methyl sites for hydroxylation is 1. The van der Waals surface area contributed by atoms with E-state index in [0.717, 1.165) is 35.2 Å². The Kier molecular flexibility index (Phi) is 6.56. The van der Waals surface area contributed by atoms with Gasteiger partial charge in [0.05, 0.1) is 17.8 Å². The first-order valence-electron chi connectivity index (χ1n) is 9.69. The molecular formula is C22H23F3N3O2+. The third-order valence-corrected chi connectivity index (χ3v) is 4.91. The van der Waals surface area contributed by atoms with Gasteiger partial charge in [0.1, 0.15) is 6.54 Å². The fourth-order valence-corrected chi connectivity index (χ4v) is 3.59. The number of halogens is 3. The van der Waals surface area contributed by atoms with Crippen molar-refractivity contribution in [3.05, 3.63) is 65.1 Å². The lowest BCUT2D eigenvalue weighted by atomic mass is 10.1. The highest BCUT2D eigenvalue weighted by molar-refractivity contribution is 6.09. The Hall–Kier alpha value is -3.13. The van der Waals surface area contributed by atoms with Crippen LogP contribution in [0.25, 0.3) is 10.9 Å². The smallest absolute Gasteiger partial charge is 0.279 e. The van der Waals surface area contributed by atoms with Gasteiger partial charge in [0, 0.05) is 16.6 Å². The van der Waals surface area contributed by atoms with Gasteiger partial charge in [-0.15, -0.1) is 0 Å². The summed E-state index contributed by atoms with van der Waals surface area (Å²) < 4.78 is 40.2. The first-order valence-corrected chi connectivity index (χ1v) is 9.69. The number of aromatic nitrogens is 1. The van der Waals surface area contributed by atoms with Gasteiger partial charge < -0.3 is 15.2 Å². The number of para-hydroxylation sites is 1. The molecule has 0 saturated heterocycles. The van der Waals surface area contributed by atoms with E-state index in [4.69, 9.17) is 0 Å². The van der Waals surface area contributed by atoms with Gasteiger partial charge in [0.25, 0.3) is 5.91 Å². The van der Waals surface area contributed by atoms with Gasteiger partial charge in [-0.3, -0.25) is 9.59 Å². The van der Waals surface area contributed by atoms with Crippen molar-refractivity contribution in [1.82, 2.24) is 4.98 Å². The number of carbonyl (C=O) groups excluding carboxylic acids is 2. The van der Waals surface area contributed by atoms with E-state index in [0.29, 0.717) is 17.0 Å². The van der Waals surface area contributed by atoms with E-state index in [1.807, 2.05) is 38.1 Å². The number of benzene rings is 2. The molecule has 0 aliphatic carbocycles. The summed E-state index contributed by atoms with van der Waals surface area (Å²) in [5.74, 6) is -5.13. The highest BCUT2D eigenvalue weighted by Gasteiger charge is 2.23. The molecule has 30 heavy (non-hydrogen) atoms. The van der Waals surface area contributed by atoms with Crippen molar-refractivity contribution in [2.45, 2.75) is 20.3 Å². The van der Waals surface area contributed by atoms with Crippen LogP contribution in [0, 0.1) is 24.4 Å². The lowest BCUT2D eigenvalue weighted by Gasteiger charge is -2.18. The third-order valence-electron chi connectivity index (χ3n) is 4.91. The molecule has 0 aliphatic heterocycles. The Balaban J connectivity index is 1.73. The minimum Gasteiger partial charge on any atom is -0.358 e. The average molecular weight is 418 g/mol. The van der Waals surface area contributed by atoms with E-state index in [1.54, 1.807) is 0 Å². The van der Waals surface area contributed by atoms with Crippen molar-refractivity contribution < 1.29 is 27.7 Å². The first-order chi connectivity index (χ1) is 14.3. The fourth-order valence-electron chi connectivity index (χ4n) is 3.59. The van der Waals surface area contributed by atoms with Gasteiger partial charge in [0.2, 0.25) is 5.78 Å². The second kappa shape index (κ2) is 9.13. The number of quaternary nitrogens is 1. The molecule has 0 spiro atoms. The Morgan fingerprint density at radius 1 is 1.03 bits per heavy atom. The summed E-state index contributed by atoms with van der Waals surface area (Å²) in [6, 6.07) is 9.19. The summed E-state index contributed by atoms with van der Waals surface area (Å²) in [4.78, 5) is 29.2. The largest absolute Gasteiger partial charge is 0.358 e. The van der Waals surface area contributed by atoms with Gasteiger partial charge in [-0.05, 0) is 31.5 Å². The van der Waals surface area contributed by atoms with E-state index < -0.39 is 29.0 Å².